The molecular weight excluding hydrogens is 307 g/mol. The minimum absolute atomic E-state index is 0.0581. The van der Waals surface area contributed by atoms with E-state index in [1.807, 2.05) is 55.4 Å². The van der Waals surface area contributed by atoms with E-state index in [2.05, 4.69) is 0 Å². The summed E-state index contributed by atoms with van der Waals surface area (Å²) < 4.78 is 24.0. The Bertz CT molecular complexity index is 357. The molecule has 0 saturated heterocycles. The van der Waals surface area contributed by atoms with Gasteiger partial charge in [-0.25, -0.2) is 9.25 Å². The molecular formula is C14H31N2O5P. The van der Waals surface area contributed by atoms with Crippen LogP contribution in [-0.4, -0.2) is 51.5 Å². The number of hydroxylamine groups is 4. The number of aliphatic carboxylic acids is 1. The number of nitrogens with zero attached hydrogens (tertiary/aromatic N) is 2. The van der Waals surface area contributed by atoms with Gasteiger partial charge >= 0.3 is 13.6 Å². The average molecular weight is 338 g/mol. The molecule has 0 unspecified atom stereocenters. The largest absolute Gasteiger partial charge is 0.481 e. The summed E-state index contributed by atoms with van der Waals surface area (Å²) in [5.41, 5.74) is 0. The summed E-state index contributed by atoms with van der Waals surface area (Å²) in [5.74, 6) is -1.22. The Morgan fingerprint density at radius 1 is 0.864 bits per heavy atom. The second-order valence-electron chi connectivity index (χ2n) is 6.42. The topological polar surface area (TPSA) is 79.3 Å². The summed E-state index contributed by atoms with van der Waals surface area (Å²) in [6.45, 7) is 15.1. The molecule has 8 heteroatoms. The van der Waals surface area contributed by atoms with Crippen LogP contribution in [0.1, 0.15) is 55.4 Å². The lowest BCUT2D eigenvalue weighted by Crippen LogP contribution is -2.40. The molecule has 0 atom stereocenters. The standard InChI is InChI=1S/C14H31N2O5P/c1-10(2)15(11(3)4)20-22(19,9-14(17)18)21-16(12(5)6)13(7)8/h10-13H,9H2,1-8H3,(H,17,18). The Morgan fingerprint density at radius 2 is 1.14 bits per heavy atom. The number of rotatable bonds is 10. The maximum absolute atomic E-state index is 13.0. The second-order valence-corrected chi connectivity index (χ2v) is 8.29. The van der Waals surface area contributed by atoms with Crippen LogP contribution in [0.2, 0.25) is 0 Å². The van der Waals surface area contributed by atoms with Crippen LogP contribution in [0.25, 0.3) is 0 Å². The van der Waals surface area contributed by atoms with Gasteiger partial charge in [-0.3, -0.25) is 9.36 Å². The number of carboxylic acids is 1. The third kappa shape index (κ3) is 7.20. The molecule has 1 N–H and O–H groups in total. The molecule has 0 saturated carbocycles. The molecule has 0 heterocycles. The molecule has 0 aromatic carbocycles. The Morgan fingerprint density at radius 3 is 1.32 bits per heavy atom. The van der Waals surface area contributed by atoms with Crippen LogP contribution in [0.5, 0.6) is 0 Å². The van der Waals surface area contributed by atoms with Crippen molar-refractivity contribution in [2.24, 2.45) is 0 Å². The molecule has 0 amide bonds. The first-order valence-electron chi connectivity index (χ1n) is 7.66. The van der Waals surface area contributed by atoms with Gasteiger partial charge in [-0.2, -0.15) is 10.1 Å². The van der Waals surface area contributed by atoms with Crippen LogP contribution in [0.15, 0.2) is 0 Å². The molecule has 0 aliphatic heterocycles. The van der Waals surface area contributed by atoms with E-state index in [4.69, 9.17) is 14.4 Å². The van der Waals surface area contributed by atoms with Crippen LogP contribution in [0.4, 0.5) is 0 Å². The Kier molecular flexibility index (Phi) is 8.80. The van der Waals surface area contributed by atoms with Gasteiger partial charge < -0.3 is 5.11 Å². The first-order valence-corrected chi connectivity index (χ1v) is 9.39. The Balaban J connectivity index is 5.38. The van der Waals surface area contributed by atoms with E-state index in [0.29, 0.717) is 0 Å². The van der Waals surface area contributed by atoms with Gasteiger partial charge in [-0.15, -0.1) is 0 Å². The van der Waals surface area contributed by atoms with E-state index in [0.717, 1.165) is 0 Å². The van der Waals surface area contributed by atoms with Crippen molar-refractivity contribution in [1.29, 1.82) is 0 Å². The Labute approximate surface area is 134 Å². The highest BCUT2D eigenvalue weighted by Crippen LogP contribution is 2.51. The van der Waals surface area contributed by atoms with Crippen molar-refractivity contribution in [3.05, 3.63) is 0 Å². The van der Waals surface area contributed by atoms with Crippen molar-refractivity contribution in [2.45, 2.75) is 79.6 Å². The van der Waals surface area contributed by atoms with E-state index in [1.54, 1.807) is 0 Å². The molecule has 0 aliphatic rings. The van der Waals surface area contributed by atoms with Crippen molar-refractivity contribution >= 4 is 13.6 Å². The number of hydrogen-bond donors (Lipinski definition) is 1. The van der Waals surface area contributed by atoms with Gasteiger partial charge in [0.15, 0.2) is 6.16 Å². The molecule has 22 heavy (non-hydrogen) atoms. The summed E-state index contributed by atoms with van der Waals surface area (Å²) in [6.07, 6.45) is -0.682. The van der Waals surface area contributed by atoms with Crippen LogP contribution in [0.3, 0.4) is 0 Å². The van der Waals surface area contributed by atoms with Gasteiger partial charge in [0.05, 0.1) is 0 Å². The fraction of sp³-hybridized carbons (Fsp3) is 0.929. The summed E-state index contributed by atoms with van der Waals surface area (Å²) >= 11 is 0. The van der Waals surface area contributed by atoms with Crippen LogP contribution < -0.4 is 0 Å². The molecule has 0 bridgehead atoms. The molecule has 0 aromatic heterocycles. The third-order valence-corrected chi connectivity index (χ3v) is 4.33. The van der Waals surface area contributed by atoms with Crippen molar-refractivity contribution in [1.82, 2.24) is 10.1 Å². The van der Waals surface area contributed by atoms with Gasteiger partial charge in [-0.05, 0) is 55.4 Å². The Hall–Kier alpha value is -0.460. The van der Waals surface area contributed by atoms with Crippen molar-refractivity contribution < 1.29 is 23.7 Å². The molecule has 7 nitrogen and oxygen atoms in total. The zero-order valence-electron chi connectivity index (χ0n) is 14.9. The van der Waals surface area contributed by atoms with Crippen molar-refractivity contribution in [3.8, 4) is 0 Å². The van der Waals surface area contributed by atoms with E-state index in [9.17, 15) is 9.36 Å². The zero-order valence-corrected chi connectivity index (χ0v) is 15.8. The third-order valence-electron chi connectivity index (χ3n) is 2.80. The maximum atomic E-state index is 13.0. The molecule has 0 spiro atoms. The predicted molar refractivity (Wildman–Crippen MR) is 86.5 cm³/mol. The van der Waals surface area contributed by atoms with Crippen molar-refractivity contribution in [2.75, 3.05) is 6.16 Å². The summed E-state index contributed by atoms with van der Waals surface area (Å²) in [7, 11) is -3.85. The molecule has 0 radical (unpaired) electrons. The van der Waals surface area contributed by atoms with Gasteiger partial charge in [0.2, 0.25) is 0 Å². The lowest BCUT2D eigenvalue weighted by Gasteiger charge is -2.36. The van der Waals surface area contributed by atoms with Crippen LogP contribution >= 0.6 is 7.60 Å². The quantitative estimate of drug-likeness (QED) is 0.483. The number of hydrogen-bond acceptors (Lipinski definition) is 6. The molecule has 0 aliphatic carbocycles. The number of carbonyl (C=O) groups is 1. The van der Waals surface area contributed by atoms with E-state index >= 15 is 0 Å². The highest BCUT2D eigenvalue weighted by molar-refractivity contribution is 7.54. The fourth-order valence-corrected chi connectivity index (χ4v) is 3.90. The van der Waals surface area contributed by atoms with Gasteiger partial charge in [0, 0.05) is 24.2 Å². The fourth-order valence-electron chi connectivity index (χ4n) is 2.10. The van der Waals surface area contributed by atoms with Gasteiger partial charge in [0.1, 0.15) is 0 Å². The highest BCUT2D eigenvalue weighted by atomic mass is 31.2. The van der Waals surface area contributed by atoms with Crippen molar-refractivity contribution in [3.63, 3.8) is 0 Å². The van der Waals surface area contributed by atoms with E-state index in [-0.39, 0.29) is 24.2 Å². The minimum Gasteiger partial charge on any atom is -0.481 e. The maximum Gasteiger partial charge on any atom is 0.374 e. The van der Waals surface area contributed by atoms with Crippen LogP contribution in [0, 0.1) is 0 Å². The first-order chi connectivity index (χ1) is 9.89. The SMILES string of the molecule is CC(C)N(OP(=O)(CC(=O)O)ON(C(C)C)C(C)C)C(C)C. The zero-order chi connectivity index (χ0) is 17.7. The van der Waals surface area contributed by atoms with Gasteiger partial charge in [-0.1, -0.05) is 0 Å². The second kappa shape index (κ2) is 8.99. The minimum atomic E-state index is -3.85. The first kappa shape index (κ1) is 21.5. The van der Waals surface area contributed by atoms with Gasteiger partial charge in [0.25, 0.3) is 0 Å². The lowest BCUT2D eigenvalue weighted by atomic mass is 10.3. The summed E-state index contributed by atoms with van der Waals surface area (Å²) in [4.78, 5) is 11.1. The molecule has 0 aromatic rings. The smallest absolute Gasteiger partial charge is 0.374 e. The van der Waals surface area contributed by atoms with E-state index in [1.165, 1.54) is 10.1 Å². The summed E-state index contributed by atoms with van der Waals surface area (Å²) in [6, 6.07) is -0.232. The monoisotopic (exact) mass is 338 g/mol. The lowest BCUT2D eigenvalue weighted by molar-refractivity contribution is -0.170. The van der Waals surface area contributed by atoms with Crippen LogP contribution in [-0.2, 0) is 18.6 Å². The average Bonchev–Trinajstić information content (AvgIpc) is 2.31. The predicted octanol–water partition coefficient (Wildman–Crippen LogP) is 3.36. The normalized spacial score (nSPS) is 13.4. The number of carboxylic acid groups (broad SMARTS) is 1. The summed E-state index contributed by atoms with van der Waals surface area (Å²) in [5, 5.41) is 12.1. The van der Waals surface area contributed by atoms with E-state index < -0.39 is 19.7 Å². The molecule has 0 rings (SSSR count). The molecule has 132 valence electrons. The highest BCUT2D eigenvalue weighted by Gasteiger charge is 2.37. The molecule has 0 fully saturated rings.